The summed E-state index contributed by atoms with van der Waals surface area (Å²) in [4.78, 5) is 5.78. The second-order valence-electron chi connectivity index (χ2n) is 9.07. The Balaban J connectivity index is 2.63. The summed E-state index contributed by atoms with van der Waals surface area (Å²) in [5.74, 6) is -62.9. The van der Waals surface area contributed by atoms with Crippen LogP contribution in [0.15, 0.2) is 12.1 Å². The maximum absolute atomic E-state index is 15.4. The first-order valence-corrected chi connectivity index (χ1v) is 11.5. The molecule has 0 heterocycles. The lowest BCUT2D eigenvalue weighted by atomic mass is 9.65. The molecule has 258 valence electrons. The van der Waals surface area contributed by atoms with Crippen LogP contribution in [0.5, 0.6) is 0 Å². The number of benzene rings is 4. The van der Waals surface area contributed by atoms with Gasteiger partial charge in [0.15, 0.2) is 87.3 Å². The minimum atomic E-state index is -6.38. The van der Waals surface area contributed by atoms with Gasteiger partial charge in [-0.3, -0.25) is 0 Å². The van der Waals surface area contributed by atoms with Crippen LogP contribution in [0.1, 0.15) is 22.3 Å². The zero-order chi connectivity index (χ0) is 36.5. The summed E-state index contributed by atoms with van der Waals surface area (Å²) in [5, 5.41) is 0. The van der Waals surface area contributed by atoms with Crippen molar-refractivity contribution in [1.82, 2.24) is 0 Å². The summed E-state index contributed by atoms with van der Waals surface area (Å²) in [5.41, 5.74) is -26.6. The number of hydrogen-bond donors (Lipinski definition) is 0. The van der Waals surface area contributed by atoms with Gasteiger partial charge in [-0.15, -0.1) is 0 Å². The second-order valence-corrected chi connectivity index (χ2v) is 9.07. The highest BCUT2D eigenvalue weighted by Gasteiger charge is 2.70. The van der Waals surface area contributed by atoms with Crippen LogP contribution in [0.2, 0.25) is 0 Å². The lowest BCUT2D eigenvalue weighted by Crippen LogP contribution is -2.56. The third kappa shape index (κ3) is 4.44. The molecule has 0 saturated heterocycles. The van der Waals surface area contributed by atoms with Crippen LogP contribution in [0.4, 0.5) is 88.1 Å². The lowest BCUT2D eigenvalue weighted by molar-refractivity contribution is -0.350. The van der Waals surface area contributed by atoms with Crippen LogP contribution in [-0.4, -0.2) is 0 Å². The maximum atomic E-state index is 15.4. The van der Waals surface area contributed by atoms with Gasteiger partial charge in [0, 0.05) is 5.56 Å². The third-order valence-electron chi connectivity index (χ3n) is 6.83. The summed E-state index contributed by atoms with van der Waals surface area (Å²) < 4.78 is 295. The molecule has 1 unspecified atom stereocenters. The van der Waals surface area contributed by atoms with Gasteiger partial charge in [0.1, 0.15) is 0 Å². The Hall–Kier alpha value is -4.60. The lowest BCUT2D eigenvalue weighted by Gasteiger charge is -2.45. The smallest absolute Gasteiger partial charge is 0.204 e. The molecule has 0 aliphatic heterocycles. The van der Waals surface area contributed by atoms with E-state index < -0.39 is 150 Å². The van der Waals surface area contributed by atoms with Gasteiger partial charge in [0.05, 0.1) is 16.7 Å². The first kappa shape index (κ1) is 36.2. The van der Waals surface area contributed by atoms with Crippen molar-refractivity contribution in [1.29, 1.82) is 0 Å². The highest BCUT2D eigenvalue weighted by atomic mass is 19.3. The van der Waals surface area contributed by atoms with E-state index in [4.69, 9.17) is 0 Å². The van der Waals surface area contributed by atoms with E-state index >= 15 is 39.8 Å². The Kier molecular flexibility index (Phi) is 9.16. The van der Waals surface area contributed by atoms with Gasteiger partial charge in [0.2, 0.25) is 28.7 Å². The predicted molar refractivity (Wildman–Crippen MR) is 111 cm³/mol. The Morgan fingerprint density at radius 3 is 0.812 bits per heavy atom. The summed E-state index contributed by atoms with van der Waals surface area (Å²) >= 11 is 0. The highest BCUT2D eigenvalue weighted by Crippen LogP contribution is 2.60. The quantitative estimate of drug-likeness (QED) is 0.108. The minimum Gasteiger partial charge on any atom is -0.204 e. The van der Waals surface area contributed by atoms with Crippen LogP contribution in [0.25, 0.3) is 0 Å². The Morgan fingerprint density at radius 1 is 0.292 bits per heavy atom. The highest BCUT2D eigenvalue weighted by molar-refractivity contribution is 5.55. The average Bonchev–Trinajstić information content (AvgIpc) is 3.06. The zero-order valence-corrected chi connectivity index (χ0v) is 21.5. The van der Waals surface area contributed by atoms with E-state index in [-0.39, 0.29) is 0 Å². The first-order chi connectivity index (χ1) is 22.2. The third-order valence-corrected chi connectivity index (χ3v) is 6.83. The average molecular weight is 726 g/mol. The van der Waals surface area contributed by atoms with Crippen LogP contribution in [0.3, 0.4) is 0 Å². The van der Waals surface area contributed by atoms with E-state index in [9.17, 15) is 48.3 Å². The second kappa shape index (κ2) is 12.1. The molecule has 0 aliphatic carbocycles. The fraction of sp³-hybridized carbons (Fsp3) is 0.0769. The number of halogens is 20. The van der Waals surface area contributed by atoms with Crippen molar-refractivity contribution >= 4 is 0 Å². The van der Waals surface area contributed by atoms with Crippen LogP contribution >= 0.6 is 0 Å². The van der Waals surface area contributed by atoms with Gasteiger partial charge >= 0.3 is 0 Å². The van der Waals surface area contributed by atoms with Crippen LogP contribution in [-0.2, 0) is 21.1 Å². The fourth-order valence-electron chi connectivity index (χ4n) is 4.78. The molecule has 4 aromatic carbocycles. The van der Waals surface area contributed by atoms with Crippen molar-refractivity contribution in [2.24, 2.45) is 0 Å². The van der Waals surface area contributed by atoms with Crippen LogP contribution in [0, 0.1) is 105 Å². The standard InChI is InChI=1S/C26H2F20O2/c27-4-2-1-3(8(28)9(4)29)25(47-45,5-10(30)16(36)22(42)17(37)11(5)31)26(48-46,6-12(32)18(38)23(43)19(39)13(6)33)7-14(34)20(40)24(44)21(41)15(7)35/h1-2H. The Labute approximate surface area is 249 Å². The molecule has 4 aromatic rings. The van der Waals surface area contributed by atoms with E-state index in [2.05, 4.69) is 9.88 Å². The van der Waals surface area contributed by atoms with E-state index in [1.165, 1.54) is 0 Å². The van der Waals surface area contributed by atoms with Gasteiger partial charge in [-0.2, -0.15) is 9.88 Å². The SMILES string of the molecule is FOC(c1ccc(F)c(F)c1F)(c1c(F)c(F)c(F)c(F)c1F)C(OF)(c1c(F)c(F)c(F)c(F)c1F)c1c(F)c(F)c(F)c(F)c1F. The molecule has 2 nitrogen and oxygen atoms in total. The molecule has 0 saturated carbocycles. The van der Waals surface area contributed by atoms with Gasteiger partial charge in [0.25, 0.3) is 0 Å². The Morgan fingerprint density at radius 2 is 0.542 bits per heavy atom. The van der Waals surface area contributed by atoms with Crippen molar-refractivity contribution in [2.45, 2.75) is 11.2 Å². The Bertz CT molecular complexity index is 1860. The molecule has 0 aromatic heterocycles. The number of hydrogen-bond acceptors (Lipinski definition) is 2. The first-order valence-electron chi connectivity index (χ1n) is 11.5. The maximum Gasteiger partial charge on any atom is 0.211 e. The van der Waals surface area contributed by atoms with Crippen molar-refractivity contribution in [3.05, 3.63) is 139 Å². The largest absolute Gasteiger partial charge is 0.211 e. The van der Waals surface area contributed by atoms with E-state index in [0.717, 1.165) is 0 Å². The normalized spacial score (nSPS) is 13.3. The van der Waals surface area contributed by atoms with Gasteiger partial charge in [-0.05, 0) is 21.2 Å². The summed E-state index contributed by atoms with van der Waals surface area (Å²) in [7, 11) is 0. The van der Waals surface area contributed by atoms with Crippen molar-refractivity contribution in [3.63, 3.8) is 0 Å². The fourth-order valence-corrected chi connectivity index (χ4v) is 4.78. The minimum absolute atomic E-state index is 0.590. The molecule has 0 bridgehead atoms. The summed E-state index contributed by atoms with van der Waals surface area (Å²) in [6, 6.07) is -1.34. The molecule has 22 heteroatoms. The molecule has 0 spiro atoms. The van der Waals surface area contributed by atoms with Crippen molar-refractivity contribution in [2.75, 3.05) is 0 Å². The predicted octanol–water partition coefficient (Wildman–Crippen LogP) is 9.18. The topological polar surface area (TPSA) is 18.5 Å². The summed E-state index contributed by atoms with van der Waals surface area (Å²) in [6.45, 7) is 0. The molecule has 0 amide bonds. The molecule has 0 fully saturated rings. The molecule has 4 rings (SSSR count). The number of rotatable bonds is 7. The van der Waals surface area contributed by atoms with E-state index in [1.807, 2.05) is 0 Å². The molecule has 0 aliphatic rings. The molecular formula is C26H2F20O2. The van der Waals surface area contributed by atoms with Crippen molar-refractivity contribution < 1.29 is 98.0 Å². The molecule has 0 radical (unpaired) electrons. The van der Waals surface area contributed by atoms with E-state index in [0.29, 0.717) is 0 Å². The van der Waals surface area contributed by atoms with Gasteiger partial charge in [-0.25, -0.2) is 79.0 Å². The zero-order valence-electron chi connectivity index (χ0n) is 21.5. The van der Waals surface area contributed by atoms with Gasteiger partial charge in [-0.1, -0.05) is 0 Å². The molecule has 1 atom stereocenters. The molecule has 0 N–H and O–H groups in total. The van der Waals surface area contributed by atoms with Crippen molar-refractivity contribution in [3.8, 4) is 0 Å². The monoisotopic (exact) mass is 726 g/mol. The van der Waals surface area contributed by atoms with E-state index in [1.54, 1.807) is 0 Å². The summed E-state index contributed by atoms with van der Waals surface area (Å²) in [6.07, 6.45) is 0. The van der Waals surface area contributed by atoms with Crippen LogP contribution < -0.4 is 0 Å². The molecular weight excluding hydrogens is 724 g/mol. The van der Waals surface area contributed by atoms with Gasteiger partial charge < -0.3 is 0 Å². The molecule has 48 heavy (non-hydrogen) atoms.